The van der Waals surface area contributed by atoms with E-state index in [-0.39, 0.29) is 30.1 Å². The Balaban J connectivity index is 1.41. The first-order valence-electron chi connectivity index (χ1n) is 10.0. The summed E-state index contributed by atoms with van der Waals surface area (Å²) in [5, 5.41) is 5.37. The largest absolute Gasteiger partial charge is 0.348 e. The van der Waals surface area contributed by atoms with E-state index in [2.05, 4.69) is 10.6 Å². The number of halogens is 3. The Morgan fingerprint density at radius 1 is 1.09 bits per heavy atom. The summed E-state index contributed by atoms with van der Waals surface area (Å²) in [6.45, 7) is -0.0894. The van der Waals surface area contributed by atoms with E-state index in [1.807, 2.05) is 18.2 Å². The van der Waals surface area contributed by atoms with Crippen LogP contribution in [-0.4, -0.2) is 22.9 Å². The van der Waals surface area contributed by atoms with Gasteiger partial charge in [0.2, 0.25) is 5.91 Å². The monoisotopic (exact) mass is 453 g/mol. The van der Waals surface area contributed by atoms with Crippen LogP contribution in [0.4, 0.5) is 18.9 Å². The second kappa shape index (κ2) is 9.15. The van der Waals surface area contributed by atoms with Crippen LogP contribution in [0.15, 0.2) is 59.5 Å². The lowest BCUT2D eigenvalue weighted by molar-refractivity contribution is -0.115. The summed E-state index contributed by atoms with van der Waals surface area (Å²) >= 11 is 0. The van der Waals surface area contributed by atoms with Gasteiger partial charge in [-0.2, -0.15) is 0 Å². The highest BCUT2D eigenvalue weighted by Gasteiger charge is 2.17. The number of nitrogens with zero attached hydrogens (tertiary/aromatic N) is 1. The van der Waals surface area contributed by atoms with Crippen LogP contribution in [0.25, 0.3) is 6.08 Å². The van der Waals surface area contributed by atoms with E-state index >= 15 is 0 Å². The lowest BCUT2D eigenvalue weighted by Crippen LogP contribution is -2.33. The van der Waals surface area contributed by atoms with E-state index in [0.717, 1.165) is 33.5 Å². The molecule has 33 heavy (non-hydrogen) atoms. The van der Waals surface area contributed by atoms with Crippen molar-refractivity contribution in [3.05, 3.63) is 105 Å². The molecule has 2 heterocycles. The predicted octanol–water partition coefficient (Wildman–Crippen LogP) is 3.25. The number of anilines is 1. The van der Waals surface area contributed by atoms with Crippen LogP contribution in [-0.2, 0) is 17.8 Å². The SMILES string of the molecule is O=C1Cc2ccc(C=CCNC(=O)c3cccn(Cc4cc(F)c(F)c(F)c4)c3=O)cc2N1. The smallest absolute Gasteiger partial charge is 0.263 e. The minimum atomic E-state index is -1.59. The Kier molecular flexibility index (Phi) is 6.12. The predicted molar refractivity (Wildman–Crippen MR) is 116 cm³/mol. The summed E-state index contributed by atoms with van der Waals surface area (Å²) in [5.74, 6) is -4.97. The van der Waals surface area contributed by atoms with Crippen molar-refractivity contribution in [3.8, 4) is 0 Å². The highest BCUT2D eigenvalue weighted by atomic mass is 19.2. The minimum Gasteiger partial charge on any atom is -0.348 e. The number of amides is 2. The molecule has 0 atom stereocenters. The fourth-order valence-corrected chi connectivity index (χ4v) is 3.51. The van der Waals surface area contributed by atoms with Crippen LogP contribution < -0.4 is 16.2 Å². The second-order valence-electron chi connectivity index (χ2n) is 7.48. The van der Waals surface area contributed by atoms with Crippen LogP contribution in [0.3, 0.4) is 0 Å². The molecule has 1 aromatic heterocycles. The molecule has 0 aliphatic carbocycles. The number of fused-ring (bicyclic) bond motifs is 1. The average molecular weight is 453 g/mol. The zero-order valence-electron chi connectivity index (χ0n) is 17.2. The molecule has 2 amide bonds. The number of aromatic nitrogens is 1. The molecule has 2 aromatic carbocycles. The summed E-state index contributed by atoms with van der Waals surface area (Å²) in [6, 6.07) is 9.94. The maximum absolute atomic E-state index is 13.4. The van der Waals surface area contributed by atoms with Crippen LogP contribution in [0.1, 0.15) is 27.0 Å². The van der Waals surface area contributed by atoms with Gasteiger partial charge in [0.05, 0.1) is 13.0 Å². The Bertz CT molecular complexity index is 1330. The first kappa shape index (κ1) is 22.1. The topological polar surface area (TPSA) is 80.2 Å². The molecule has 0 spiro atoms. The van der Waals surface area contributed by atoms with Crippen molar-refractivity contribution in [2.45, 2.75) is 13.0 Å². The van der Waals surface area contributed by atoms with Crippen molar-refractivity contribution < 1.29 is 22.8 Å². The molecule has 0 saturated carbocycles. The van der Waals surface area contributed by atoms with E-state index in [9.17, 15) is 27.6 Å². The number of carbonyl (C=O) groups is 2. The molecule has 0 radical (unpaired) electrons. The van der Waals surface area contributed by atoms with Gasteiger partial charge in [-0.3, -0.25) is 14.4 Å². The van der Waals surface area contributed by atoms with Gasteiger partial charge >= 0.3 is 0 Å². The molecule has 3 aromatic rings. The van der Waals surface area contributed by atoms with Crippen molar-refractivity contribution >= 4 is 23.6 Å². The normalized spacial score (nSPS) is 12.6. The fraction of sp³-hybridized carbons (Fsp3) is 0.125. The number of hydrogen-bond donors (Lipinski definition) is 2. The quantitative estimate of drug-likeness (QED) is 0.563. The number of pyridine rings is 1. The number of rotatable bonds is 6. The molecular weight excluding hydrogens is 435 g/mol. The Morgan fingerprint density at radius 3 is 2.61 bits per heavy atom. The van der Waals surface area contributed by atoms with Gasteiger partial charge in [0.1, 0.15) is 5.56 Å². The lowest BCUT2D eigenvalue weighted by Gasteiger charge is -2.09. The second-order valence-corrected chi connectivity index (χ2v) is 7.48. The molecule has 6 nitrogen and oxygen atoms in total. The first-order valence-corrected chi connectivity index (χ1v) is 10.0. The molecule has 2 N–H and O–H groups in total. The molecule has 0 unspecified atom stereocenters. The standard InChI is InChI=1S/C24H18F3N3O3/c25-18-9-15(10-19(26)22(18)27)13-30-8-2-4-17(24(30)33)23(32)28-7-1-3-14-5-6-16-12-21(31)29-20(16)11-14/h1-6,8-11H,7,12-13H2,(H,28,32)(H,29,31). The summed E-state index contributed by atoms with van der Waals surface area (Å²) < 4.78 is 41.1. The summed E-state index contributed by atoms with van der Waals surface area (Å²) in [6.07, 6.45) is 5.19. The number of benzene rings is 2. The van der Waals surface area contributed by atoms with E-state index in [1.165, 1.54) is 18.3 Å². The molecule has 0 fully saturated rings. The van der Waals surface area contributed by atoms with Gasteiger partial charge in [-0.25, -0.2) is 13.2 Å². The van der Waals surface area contributed by atoms with E-state index in [4.69, 9.17) is 0 Å². The molecule has 168 valence electrons. The van der Waals surface area contributed by atoms with Gasteiger partial charge in [-0.1, -0.05) is 24.3 Å². The number of carbonyl (C=O) groups excluding carboxylic acids is 2. The number of nitrogens with one attached hydrogen (secondary N) is 2. The summed E-state index contributed by atoms with van der Waals surface area (Å²) in [7, 11) is 0. The molecule has 0 bridgehead atoms. The fourth-order valence-electron chi connectivity index (χ4n) is 3.51. The molecule has 1 aliphatic rings. The van der Waals surface area contributed by atoms with Gasteiger partial charge in [0.15, 0.2) is 17.5 Å². The van der Waals surface area contributed by atoms with Crippen molar-refractivity contribution in [2.75, 3.05) is 11.9 Å². The van der Waals surface area contributed by atoms with Gasteiger partial charge < -0.3 is 15.2 Å². The Hall–Kier alpha value is -4.14. The molecule has 9 heteroatoms. The van der Waals surface area contributed by atoms with Crippen molar-refractivity contribution in [1.82, 2.24) is 9.88 Å². The van der Waals surface area contributed by atoms with Crippen LogP contribution in [0.2, 0.25) is 0 Å². The molecular formula is C24H18F3N3O3. The Morgan fingerprint density at radius 2 is 1.85 bits per heavy atom. The van der Waals surface area contributed by atoms with E-state index < -0.39 is 28.9 Å². The maximum Gasteiger partial charge on any atom is 0.263 e. The van der Waals surface area contributed by atoms with Gasteiger partial charge in [0.25, 0.3) is 11.5 Å². The molecule has 0 saturated heterocycles. The third-order valence-corrected chi connectivity index (χ3v) is 5.11. The van der Waals surface area contributed by atoms with E-state index in [1.54, 1.807) is 12.2 Å². The summed E-state index contributed by atoms with van der Waals surface area (Å²) in [4.78, 5) is 36.5. The van der Waals surface area contributed by atoms with Crippen LogP contribution in [0.5, 0.6) is 0 Å². The minimum absolute atomic E-state index is 0.0412. The highest BCUT2D eigenvalue weighted by molar-refractivity contribution is 5.99. The van der Waals surface area contributed by atoms with Crippen LogP contribution >= 0.6 is 0 Å². The summed E-state index contributed by atoms with van der Waals surface area (Å²) in [5.41, 5.74) is 1.77. The van der Waals surface area contributed by atoms with Crippen molar-refractivity contribution in [2.24, 2.45) is 0 Å². The van der Waals surface area contributed by atoms with E-state index in [0.29, 0.717) is 6.42 Å². The highest BCUT2D eigenvalue weighted by Crippen LogP contribution is 2.24. The van der Waals surface area contributed by atoms with Gasteiger partial charge in [-0.15, -0.1) is 0 Å². The average Bonchev–Trinajstić information content (AvgIpc) is 3.15. The molecule has 1 aliphatic heterocycles. The maximum atomic E-state index is 13.4. The number of hydrogen-bond acceptors (Lipinski definition) is 3. The Labute approximate surface area is 186 Å². The molecule has 4 rings (SSSR count). The van der Waals surface area contributed by atoms with Crippen molar-refractivity contribution in [1.29, 1.82) is 0 Å². The third kappa shape index (κ3) is 4.87. The van der Waals surface area contributed by atoms with Gasteiger partial charge in [-0.05, 0) is 47.0 Å². The van der Waals surface area contributed by atoms with Gasteiger partial charge in [0, 0.05) is 18.4 Å². The third-order valence-electron chi connectivity index (χ3n) is 5.11. The zero-order chi connectivity index (χ0) is 23.5. The zero-order valence-corrected chi connectivity index (χ0v) is 17.2. The lowest BCUT2D eigenvalue weighted by atomic mass is 10.1. The first-order chi connectivity index (χ1) is 15.8. The van der Waals surface area contributed by atoms with Crippen LogP contribution in [0, 0.1) is 17.5 Å². The van der Waals surface area contributed by atoms with Crippen molar-refractivity contribution in [3.63, 3.8) is 0 Å².